The first-order valence-corrected chi connectivity index (χ1v) is 7.37. The third kappa shape index (κ3) is 3.02. The number of rotatable bonds is 4. The van der Waals surface area contributed by atoms with Crippen LogP contribution in [-0.4, -0.2) is 23.5 Å². The first-order chi connectivity index (χ1) is 8.94. The van der Waals surface area contributed by atoms with Gasteiger partial charge in [-0.25, -0.2) is 0 Å². The molecule has 19 heavy (non-hydrogen) atoms. The van der Waals surface area contributed by atoms with Gasteiger partial charge in [0.15, 0.2) is 0 Å². The molecule has 0 spiro atoms. The van der Waals surface area contributed by atoms with Crippen LogP contribution in [0.1, 0.15) is 29.6 Å². The molecule has 0 aromatic heterocycles. The standard InChI is InChI=1S/C13H13ClINO3/c14-9-6-8(2-3-10(9)15)11(17)16-7-13(12(18)19)4-1-5-13/h2-3,6H,1,4-5,7H2,(H,16,17)(H,18,19). The van der Waals surface area contributed by atoms with E-state index in [1.54, 1.807) is 18.2 Å². The maximum Gasteiger partial charge on any atom is 0.311 e. The number of aliphatic carboxylic acids is 1. The third-order valence-corrected chi connectivity index (χ3v) is 5.11. The lowest BCUT2D eigenvalue weighted by Crippen LogP contribution is -2.47. The van der Waals surface area contributed by atoms with Gasteiger partial charge >= 0.3 is 5.97 Å². The molecule has 1 aromatic carbocycles. The van der Waals surface area contributed by atoms with Crippen LogP contribution in [0.4, 0.5) is 0 Å². The second-order valence-corrected chi connectivity index (χ2v) is 6.32. The van der Waals surface area contributed by atoms with E-state index in [9.17, 15) is 14.7 Å². The van der Waals surface area contributed by atoms with Gasteiger partial charge in [0.1, 0.15) is 0 Å². The van der Waals surface area contributed by atoms with E-state index in [0.717, 1.165) is 9.99 Å². The van der Waals surface area contributed by atoms with Crippen LogP contribution in [0.3, 0.4) is 0 Å². The molecule has 0 aliphatic heterocycles. The lowest BCUT2D eigenvalue weighted by atomic mass is 9.69. The highest BCUT2D eigenvalue weighted by Crippen LogP contribution is 2.40. The summed E-state index contributed by atoms with van der Waals surface area (Å²) in [5.74, 6) is -1.12. The normalized spacial score (nSPS) is 16.5. The summed E-state index contributed by atoms with van der Waals surface area (Å²) in [7, 11) is 0. The second-order valence-electron chi connectivity index (χ2n) is 4.75. The molecule has 1 fully saturated rings. The molecule has 1 aliphatic rings. The van der Waals surface area contributed by atoms with Gasteiger partial charge < -0.3 is 10.4 Å². The summed E-state index contributed by atoms with van der Waals surface area (Å²) in [6.45, 7) is 0.171. The Morgan fingerprint density at radius 3 is 2.58 bits per heavy atom. The van der Waals surface area contributed by atoms with Gasteiger partial charge in [-0.3, -0.25) is 9.59 Å². The van der Waals surface area contributed by atoms with E-state index < -0.39 is 11.4 Å². The Morgan fingerprint density at radius 1 is 1.42 bits per heavy atom. The highest BCUT2D eigenvalue weighted by Gasteiger charge is 2.44. The maximum atomic E-state index is 12.0. The van der Waals surface area contributed by atoms with Crippen LogP contribution < -0.4 is 5.32 Å². The van der Waals surface area contributed by atoms with Gasteiger partial charge in [0.05, 0.1) is 10.4 Å². The van der Waals surface area contributed by atoms with Crippen molar-refractivity contribution in [2.24, 2.45) is 5.41 Å². The highest BCUT2D eigenvalue weighted by molar-refractivity contribution is 14.1. The number of carbonyl (C=O) groups is 2. The molecule has 1 aliphatic carbocycles. The van der Waals surface area contributed by atoms with Gasteiger partial charge in [0, 0.05) is 15.7 Å². The van der Waals surface area contributed by atoms with Crippen molar-refractivity contribution < 1.29 is 14.7 Å². The van der Waals surface area contributed by atoms with Crippen molar-refractivity contribution >= 4 is 46.1 Å². The van der Waals surface area contributed by atoms with Crippen molar-refractivity contribution in [3.63, 3.8) is 0 Å². The van der Waals surface area contributed by atoms with E-state index in [2.05, 4.69) is 27.9 Å². The second kappa shape index (κ2) is 5.66. The topological polar surface area (TPSA) is 66.4 Å². The number of halogens is 2. The van der Waals surface area contributed by atoms with Crippen molar-refractivity contribution in [2.75, 3.05) is 6.54 Å². The van der Waals surface area contributed by atoms with E-state index in [1.165, 1.54) is 0 Å². The Kier molecular flexibility index (Phi) is 4.35. The van der Waals surface area contributed by atoms with Crippen LogP contribution in [0.5, 0.6) is 0 Å². The molecule has 0 atom stereocenters. The third-order valence-electron chi connectivity index (χ3n) is 3.53. The molecule has 102 valence electrons. The summed E-state index contributed by atoms with van der Waals surface area (Å²) in [6, 6.07) is 5.03. The summed E-state index contributed by atoms with van der Waals surface area (Å²) in [6.07, 6.45) is 2.14. The molecular weight excluding hydrogens is 381 g/mol. The summed E-state index contributed by atoms with van der Waals surface area (Å²) in [5.41, 5.74) is -0.326. The molecular formula is C13H13ClINO3. The van der Waals surface area contributed by atoms with Gasteiger partial charge in [0.2, 0.25) is 0 Å². The fourth-order valence-corrected chi connectivity index (χ4v) is 2.57. The molecule has 0 unspecified atom stereocenters. The van der Waals surface area contributed by atoms with E-state index in [0.29, 0.717) is 23.4 Å². The van der Waals surface area contributed by atoms with Crippen molar-refractivity contribution in [2.45, 2.75) is 19.3 Å². The van der Waals surface area contributed by atoms with Crippen LogP contribution >= 0.6 is 34.2 Å². The fraction of sp³-hybridized carbons (Fsp3) is 0.385. The minimum absolute atomic E-state index is 0.171. The Balaban J connectivity index is 2.01. The number of carboxylic acid groups (broad SMARTS) is 1. The van der Waals surface area contributed by atoms with Crippen molar-refractivity contribution in [1.29, 1.82) is 0 Å². The summed E-state index contributed by atoms with van der Waals surface area (Å²) >= 11 is 8.04. The number of carboxylic acids is 1. The molecule has 0 heterocycles. The van der Waals surface area contributed by atoms with E-state index in [1.807, 2.05) is 0 Å². The van der Waals surface area contributed by atoms with Crippen molar-refractivity contribution in [3.8, 4) is 0 Å². The SMILES string of the molecule is O=C(NCC1(C(=O)O)CCC1)c1ccc(I)c(Cl)c1. The molecule has 4 nitrogen and oxygen atoms in total. The number of carbonyl (C=O) groups excluding carboxylic acids is 1. The minimum atomic E-state index is -0.834. The summed E-state index contributed by atoms with van der Waals surface area (Å²) in [4.78, 5) is 23.1. The van der Waals surface area contributed by atoms with Crippen molar-refractivity contribution in [1.82, 2.24) is 5.32 Å². The zero-order valence-corrected chi connectivity index (χ0v) is 13.0. The van der Waals surface area contributed by atoms with E-state index in [4.69, 9.17) is 11.6 Å². The zero-order chi connectivity index (χ0) is 14.0. The average molecular weight is 394 g/mol. The molecule has 0 radical (unpaired) electrons. The van der Waals surface area contributed by atoms with Crippen LogP contribution in [0.2, 0.25) is 5.02 Å². The van der Waals surface area contributed by atoms with Crippen LogP contribution in [0.15, 0.2) is 18.2 Å². The molecule has 2 rings (SSSR count). The van der Waals surface area contributed by atoms with Gasteiger partial charge in [0.25, 0.3) is 5.91 Å². The lowest BCUT2D eigenvalue weighted by Gasteiger charge is -2.37. The summed E-state index contributed by atoms with van der Waals surface area (Å²) in [5, 5.41) is 12.4. The van der Waals surface area contributed by atoms with Gasteiger partial charge in [-0.2, -0.15) is 0 Å². The number of hydrogen-bond donors (Lipinski definition) is 2. The Bertz CT molecular complexity index is 529. The van der Waals surface area contributed by atoms with Crippen LogP contribution in [0.25, 0.3) is 0 Å². The van der Waals surface area contributed by atoms with Gasteiger partial charge in [-0.05, 0) is 53.6 Å². The smallest absolute Gasteiger partial charge is 0.311 e. The molecule has 1 saturated carbocycles. The average Bonchev–Trinajstić information content (AvgIpc) is 2.30. The van der Waals surface area contributed by atoms with Gasteiger partial charge in [-0.1, -0.05) is 18.0 Å². The molecule has 0 saturated heterocycles. The number of benzene rings is 1. The largest absolute Gasteiger partial charge is 0.481 e. The van der Waals surface area contributed by atoms with Gasteiger partial charge in [-0.15, -0.1) is 0 Å². The fourth-order valence-electron chi connectivity index (χ4n) is 2.06. The summed E-state index contributed by atoms with van der Waals surface area (Å²) < 4.78 is 0.872. The monoisotopic (exact) mass is 393 g/mol. The first kappa shape index (κ1) is 14.6. The molecule has 1 amide bonds. The zero-order valence-electron chi connectivity index (χ0n) is 10.1. The maximum absolute atomic E-state index is 12.0. The lowest BCUT2D eigenvalue weighted by molar-refractivity contribution is -0.153. The highest BCUT2D eigenvalue weighted by atomic mass is 127. The van der Waals surface area contributed by atoms with Crippen LogP contribution in [0, 0.1) is 8.99 Å². The van der Waals surface area contributed by atoms with Crippen LogP contribution in [-0.2, 0) is 4.79 Å². The molecule has 2 N–H and O–H groups in total. The molecule has 0 bridgehead atoms. The number of hydrogen-bond acceptors (Lipinski definition) is 2. The molecule has 1 aromatic rings. The Hall–Kier alpha value is -0.820. The predicted molar refractivity (Wildman–Crippen MR) is 80.4 cm³/mol. The first-order valence-electron chi connectivity index (χ1n) is 5.91. The number of amides is 1. The van der Waals surface area contributed by atoms with E-state index in [-0.39, 0.29) is 12.5 Å². The Morgan fingerprint density at radius 2 is 2.11 bits per heavy atom. The predicted octanol–water partition coefficient (Wildman–Crippen LogP) is 2.93. The Labute approximate surface area is 129 Å². The minimum Gasteiger partial charge on any atom is -0.481 e. The van der Waals surface area contributed by atoms with Crippen molar-refractivity contribution in [3.05, 3.63) is 32.4 Å². The quantitative estimate of drug-likeness (QED) is 0.773. The number of nitrogens with one attached hydrogen (secondary N) is 1. The molecule has 6 heteroatoms. The van der Waals surface area contributed by atoms with E-state index >= 15 is 0 Å².